The molecular formula is C13H21BrN6S. The third-order valence-electron chi connectivity index (χ3n) is 3.27. The first kappa shape index (κ1) is 16.2. The predicted molar refractivity (Wildman–Crippen MR) is 92.5 cm³/mol. The highest BCUT2D eigenvalue weighted by Gasteiger charge is 2.21. The normalized spacial score (nSPS) is 16.2. The molecule has 116 valence electrons. The van der Waals surface area contributed by atoms with Gasteiger partial charge in [-0.2, -0.15) is 4.37 Å². The summed E-state index contributed by atoms with van der Waals surface area (Å²) in [6, 6.07) is 0. The van der Waals surface area contributed by atoms with E-state index in [1.54, 1.807) is 0 Å². The maximum absolute atomic E-state index is 4.55. The number of aromatic nitrogens is 2. The zero-order chi connectivity index (χ0) is 15.2. The maximum atomic E-state index is 4.55. The second-order valence-corrected chi connectivity index (χ2v) is 6.59. The third-order valence-corrected chi connectivity index (χ3v) is 4.37. The van der Waals surface area contributed by atoms with Gasteiger partial charge in [0, 0.05) is 62.2 Å². The van der Waals surface area contributed by atoms with Crippen LogP contribution in [0.1, 0.15) is 12.7 Å². The molecule has 8 heteroatoms. The summed E-state index contributed by atoms with van der Waals surface area (Å²) in [5, 5.41) is 4.32. The van der Waals surface area contributed by atoms with Gasteiger partial charge in [0.15, 0.2) is 5.96 Å². The molecule has 0 amide bonds. The SMILES string of the molecule is C=C(Br)CNC(=NC)N1CCN(c2nc(CC)ns2)CC1. The van der Waals surface area contributed by atoms with Crippen molar-refractivity contribution in [3.05, 3.63) is 16.9 Å². The molecule has 0 spiro atoms. The van der Waals surface area contributed by atoms with E-state index in [4.69, 9.17) is 0 Å². The highest BCUT2D eigenvalue weighted by Crippen LogP contribution is 2.19. The topological polar surface area (TPSA) is 56.7 Å². The Kier molecular flexibility index (Phi) is 5.98. The van der Waals surface area contributed by atoms with Crippen molar-refractivity contribution in [1.29, 1.82) is 0 Å². The predicted octanol–water partition coefficient (Wildman–Crippen LogP) is 1.71. The van der Waals surface area contributed by atoms with Gasteiger partial charge in [-0.1, -0.05) is 29.4 Å². The van der Waals surface area contributed by atoms with Crippen LogP contribution in [0.2, 0.25) is 0 Å². The Morgan fingerprint density at radius 2 is 2.14 bits per heavy atom. The van der Waals surface area contributed by atoms with Crippen LogP contribution in [0.25, 0.3) is 0 Å². The highest BCUT2D eigenvalue weighted by molar-refractivity contribution is 9.11. The van der Waals surface area contributed by atoms with E-state index in [-0.39, 0.29) is 0 Å². The van der Waals surface area contributed by atoms with Crippen LogP contribution in [0, 0.1) is 0 Å². The molecule has 0 bridgehead atoms. The van der Waals surface area contributed by atoms with Crippen LogP contribution in [0.3, 0.4) is 0 Å². The summed E-state index contributed by atoms with van der Waals surface area (Å²) in [5.74, 6) is 1.85. The molecule has 21 heavy (non-hydrogen) atoms. The molecule has 0 unspecified atom stereocenters. The number of aliphatic imine (C=N–C) groups is 1. The smallest absolute Gasteiger partial charge is 0.205 e. The average molecular weight is 373 g/mol. The van der Waals surface area contributed by atoms with E-state index in [9.17, 15) is 0 Å². The Balaban J connectivity index is 1.88. The van der Waals surface area contributed by atoms with Crippen LogP contribution in [0.4, 0.5) is 5.13 Å². The minimum Gasteiger partial charge on any atom is -0.352 e. The van der Waals surface area contributed by atoms with Crippen molar-refractivity contribution in [1.82, 2.24) is 19.6 Å². The number of aryl methyl sites for hydroxylation is 1. The molecule has 0 radical (unpaired) electrons. The van der Waals surface area contributed by atoms with E-state index >= 15 is 0 Å². The Labute approximate surface area is 138 Å². The lowest BCUT2D eigenvalue weighted by molar-refractivity contribution is 0.374. The minimum absolute atomic E-state index is 0.684. The van der Waals surface area contributed by atoms with Crippen LogP contribution in [-0.2, 0) is 6.42 Å². The van der Waals surface area contributed by atoms with Crippen molar-refractivity contribution in [2.45, 2.75) is 13.3 Å². The van der Waals surface area contributed by atoms with Gasteiger partial charge in [-0.05, 0) is 0 Å². The molecule has 0 aromatic carbocycles. The molecule has 1 saturated heterocycles. The summed E-state index contributed by atoms with van der Waals surface area (Å²) in [5.41, 5.74) is 0. The van der Waals surface area contributed by atoms with Gasteiger partial charge >= 0.3 is 0 Å². The number of guanidine groups is 1. The summed E-state index contributed by atoms with van der Waals surface area (Å²) >= 11 is 4.85. The first-order valence-corrected chi connectivity index (χ1v) is 8.57. The third kappa shape index (κ3) is 4.41. The summed E-state index contributed by atoms with van der Waals surface area (Å²) in [7, 11) is 1.81. The second kappa shape index (κ2) is 7.74. The molecule has 1 aromatic rings. The van der Waals surface area contributed by atoms with Crippen LogP contribution in [0.15, 0.2) is 16.1 Å². The highest BCUT2D eigenvalue weighted by atomic mass is 79.9. The molecule has 2 heterocycles. The summed E-state index contributed by atoms with van der Waals surface area (Å²) < 4.78 is 5.27. The van der Waals surface area contributed by atoms with Crippen LogP contribution >= 0.6 is 27.5 Å². The maximum Gasteiger partial charge on any atom is 0.205 e. The van der Waals surface area contributed by atoms with Crippen molar-refractivity contribution in [3.8, 4) is 0 Å². The van der Waals surface area contributed by atoms with Gasteiger partial charge in [0.25, 0.3) is 0 Å². The van der Waals surface area contributed by atoms with E-state index < -0.39 is 0 Å². The largest absolute Gasteiger partial charge is 0.352 e. The fraction of sp³-hybridized carbons (Fsp3) is 0.615. The molecule has 1 aliphatic heterocycles. The van der Waals surface area contributed by atoms with Crippen molar-refractivity contribution >= 4 is 38.6 Å². The van der Waals surface area contributed by atoms with Crippen molar-refractivity contribution in [3.63, 3.8) is 0 Å². The van der Waals surface area contributed by atoms with Crippen molar-refractivity contribution in [2.75, 3.05) is 44.7 Å². The molecule has 1 aromatic heterocycles. The fourth-order valence-corrected chi connectivity index (χ4v) is 3.07. The van der Waals surface area contributed by atoms with Crippen molar-refractivity contribution in [2.24, 2.45) is 4.99 Å². The summed E-state index contributed by atoms with van der Waals surface area (Å²) in [4.78, 5) is 13.4. The molecule has 1 fully saturated rings. The quantitative estimate of drug-likeness (QED) is 0.643. The first-order valence-electron chi connectivity index (χ1n) is 7.00. The molecular weight excluding hydrogens is 352 g/mol. The van der Waals surface area contributed by atoms with Gasteiger partial charge < -0.3 is 15.1 Å². The van der Waals surface area contributed by atoms with Gasteiger partial charge in [-0.15, -0.1) is 0 Å². The zero-order valence-corrected chi connectivity index (χ0v) is 14.9. The van der Waals surface area contributed by atoms with E-state index in [0.29, 0.717) is 6.54 Å². The number of nitrogens with zero attached hydrogens (tertiary/aromatic N) is 5. The molecule has 2 rings (SSSR count). The van der Waals surface area contributed by atoms with Crippen LogP contribution in [-0.4, -0.2) is 60.0 Å². The van der Waals surface area contributed by atoms with Crippen LogP contribution < -0.4 is 10.2 Å². The molecule has 1 aliphatic rings. The van der Waals surface area contributed by atoms with E-state index in [2.05, 4.69) is 58.9 Å². The molecule has 0 saturated carbocycles. The van der Waals surface area contributed by atoms with Crippen LogP contribution in [0.5, 0.6) is 0 Å². The Morgan fingerprint density at radius 3 is 2.67 bits per heavy atom. The van der Waals surface area contributed by atoms with Crippen molar-refractivity contribution < 1.29 is 0 Å². The van der Waals surface area contributed by atoms with Gasteiger partial charge in [-0.25, -0.2) is 4.98 Å². The van der Waals surface area contributed by atoms with E-state index in [1.165, 1.54) is 11.5 Å². The van der Waals surface area contributed by atoms with E-state index in [1.807, 2.05) is 7.05 Å². The Hall–Kier alpha value is -1.15. The molecule has 1 N–H and O–H groups in total. The average Bonchev–Trinajstić information content (AvgIpc) is 2.97. The standard InChI is InChI=1S/C13H21BrN6S/c1-4-11-17-13(21-18-11)20-7-5-19(6-8-20)12(15-3)16-9-10(2)14/h2,4-9H2,1,3H3,(H,15,16). The molecule has 0 aliphatic carbocycles. The summed E-state index contributed by atoms with van der Waals surface area (Å²) in [6.45, 7) is 10.3. The molecule has 6 nitrogen and oxygen atoms in total. The molecule has 0 atom stereocenters. The fourth-order valence-electron chi connectivity index (χ4n) is 2.13. The van der Waals surface area contributed by atoms with Gasteiger partial charge in [-0.3, -0.25) is 4.99 Å². The lowest BCUT2D eigenvalue weighted by Gasteiger charge is -2.36. The number of nitrogens with one attached hydrogen (secondary N) is 1. The number of hydrogen-bond acceptors (Lipinski definition) is 5. The second-order valence-electron chi connectivity index (χ2n) is 4.74. The number of piperazine rings is 1. The van der Waals surface area contributed by atoms with Gasteiger partial charge in [0.1, 0.15) is 5.82 Å². The minimum atomic E-state index is 0.684. The number of halogens is 1. The van der Waals surface area contributed by atoms with Gasteiger partial charge in [0.05, 0.1) is 0 Å². The Morgan fingerprint density at radius 1 is 1.43 bits per heavy atom. The lowest BCUT2D eigenvalue weighted by atomic mass is 10.3. The lowest BCUT2D eigenvalue weighted by Crippen LogP contribution is -2.52. The number of hydrogen-bond donors (Lipinski definition) is 1. The number of anilines is 1. The summed E-state index contributed by atoms with van der Waals surface area (Å²) in [6.07, 6.45) is 0.892. The van der Waals surface area contributed by atoms with Gasteiger partial charge in [0.2, 0.25) is 5.13 Å². The Bertz CT molecular complexity index is 507. The first-order chi connectivity index (χ1) is 10.1. The van der Waals surface area contributed by atoms with E-state index in [0.717, 1.165) is 54.0 Å². The number of rotatable bonds is 4. The zero-order valence-electron chi connectivity index (χ0n) is 12.5. The monoisotopic (exact) mass is 372 g/mol.